The molecule has 2 saturated heterocycles. The molecule has 0 aromatic heterocycles. The SMILES string of the molecule is COCN1CCC(OC2CCN(C(=O)OC(C)(C)C)CC2)CC1. The van der Waals surface area contributed by atoms with E-state index in [0.29, 0.717) is 12.8 Å². The van der Waals surface area contributed by atoms with E-state index in [4.69, 9.17) is 14.2 Å². The summed E-state index contributed by atoms with van der Waals surface area (Å²) in [6.45, 7) is 9.93. The Bertz CT molecular complexity index is 367. The maximum atomic E-state index is 12.1. The van der Waals surface area contributed by atoms with Crippen LogP contribution in [0.3, 0.4) is 0 Å². The van der Waals surface area contributed by atoms with Gasteiger partial charge in [0.25, 0.3) is 0 Å². The second-order valence-electron chi connectivity index (χ2n) is 7.54. The number of methoxy groups -OCH3 is 1. The number of hydrogen-bond acceptors (Lipinski definition) is 5. The molecule has 23 heavy (non-hydrogen) atoms. The minimum Gasteiger partial charge on any atom is -0.444 e. The number of amides is 1. The molecule has 2 aliphatic heterocycles. The van der Waals surface area contributed by atoms with Gasteiger partial charge in [0.2, 0.25) is 0 Å². The summed E-state index contributed by atoms with van der Waals surface area (Å²) >= 11 is 0. The maximum Gasteiger partial charge on any atom is 0.410 e. The van der Waals surface area contributed by atoms with Crippen LogP contribution in [0.1, 0.15) is 46.5 Å². The zero-order valence-corrected chi connectivity index (χ0v) is 15.0. The highest BCUT2D eigenvalue weighted by molar-refractivity contribution is 5.68. The fourth-order valence-electron chi connectivity index (χ4n) is 3.13. The van der Waals surface area contributed by atoms with E-state index in [1.54, 1.807) is 12.0 Å². The summed E-state index contributed by atoms with van der Waals surface area (Å²) in [6.07, 6.45) is 4.35. The molecule has 134 valence electrons. The molecule has 0 radical (unpaired) electrons. The molecule has 0 atom stereocenters. The van der Waals surface area contributed by atoms with Crippen molar-refractivity contribution in [1.29, 1.82) is 0 Å². The van der Waals surface area contributed by atoms with Crippen LogP contribution < -0.4 is 0 Å². The van der Waals surface area contributed by atoms with Gasteiger partial charge in [-0.3, -0.25) is 4.90 Å². The average Bonchev–Trinajstić information content (AvgIpc) is 2.48. The van der Waals surface area contributed by atoms with Gasteiger partial charge in [-0.05, 0) is 46.5 Å². The van der Waals surface area contributed by atoms with Crippen LogP contribution in [-0.2, 0) is 14.2 Å². The summed E-state index contributed by atoms with van der Waals surface area (Å²) < 4.78 is 16.8. The van der Waals surface area contributed by atoms with Crippen molar-refractivity contribution < 1.29 is 19.0 Å². The largest absolute Gasteiger partial charge is 0.444 e. The Morgan fingerprint density at radius 1 is 1.00 bits per heavy atom. The van der Waals surface area contributed by atoms with E-state index in [2.05, 4.69) is 4.90 Å². The summed E-state index contributed by atoms with van der Waals surface area (Å²) in [6, 6.07) is 0. The number of rotatable bonds is 4. The Morgan fingerprint density at radius 2 is 1.52 bits per heavy atom. The second-order valence-corrected chi connectivity index (χ2v) is 7.54. The first-order valence-electron chi connectivity index (χ1n) is 8.72. The second kappa shape index (κ2) is 8.31. The summed E-state index contributed by atoms with van der Waals surface area (Å²) in [7, 11) is 1.74. The summed E-state index contributed by atoms with van der Waals surface area (Å²) in [5.41, 5.74) is -0.430. The summed E-state index contributed by atoms with van der Waals surface area (Å²) in [5, 5.41) is 0. The van der Waals surface area contributed by atoms with Gasteiger partial charge in [-0.1, -0.05) is 0 Å². The first-order chi connectivity index (χ1) is 10.9. The van der Waals surface area contributed by atoms with E-state index in [1.165, 1.54) is 0 Å². The number of hydrogen-bond donors (Lipinski definition) is 0. The predicted octanol–water partition coefficient (Wildman–Crippen LogP) is 2.47. The van der Waals surface area contributed by atoms with Crippen molar-refractivity contribution in [2.24, 2.45) is 0 Å². The van der Waals surface area contributed by atoms with E-state index in [0.717, 1.165) is 51.9 Å². The third-order valence-electron chi connectivity index (χ3n) is 4.32. The molecular formula is C17H32N2O4. The number of nitrogens with zero attached hydrogens (tertiary/aromatic N) is 2. The average molecular weight is 328 g/mol. The Morgan fingerprint density at radius 3 is 2.00 bits per heavy atom. The zero-order chi connectivity index (χ0) is 16.9. The molecule has 2 aliphatic rings. The van der Waals surface area contributed by atoms with Gasteiger partial charge in [0.1, 0.15) is 5.60 Å². The number of likely N-dealkylation sites (tertiary alicyclic amines) is 2. The van der Waals surface area contributed by atoms with Crippen LogP contribution >= 0.6 is 0 Å². The van der Waals surface area contributed by atoms with Gasteiger partial charge >= 0.3 is 6.09 Å². The molecule has 2 rings (SSSR count). The van der Waals surface area contributed by atoms with Crippen LogP contribution in [0.2, 0.25) is 0 Å². The highest BCUT2D eigenvalue weighted by Crippen LogP contribution is 2.22. The Balaban J connectivity index is 1.66. The van der Waals surface area contributed by atoms with Gasteiger partial charge in [-0.15, -0.1) is 0 Å². The quantitative estimate of drug-likeness (QED) is 0.793. The van der Waals surface area contributed by atoms with E-state index in [-0.39, 0.29) is 12.2 Å². The Kier molecular flexibility index (Phi) is 6.68. The maximum absolute atomic E-state index is 12.1. The third-order valence-corrected chi connectivity index (χ3v) is 4.32. The van der Waals surface area contributed by atoms with Crippen LogP contribution in [0.25, 0.3) is 0 Å². The molecular weight excluding hydrogens is 296 g/mol. The third kappa shape index (κ3) is 6.28. The van der Waals surface area contributed by atoms with Gasteiger partial charge in [-0.2, -0.15) is 0 Å². The monoisotopic (exact) mass is 328 g/mol. The first-order valence-corrected chi connectivity index (χ1v) is 8.72. The highest BCUT2D eigenvalue weighted by Gasteiger charge is 2.29. The molecule has 0 aromatic carbocycles. The lowest BCUT2D eigenvalue weighted by Gasteiger charge is -2.37. The Labute approximate surface area is 140 Å². The molecule has 0 saturated carbocycles. The molecule has 0 spiro atoms. The summed E-state index contributed by atoms with van der Waals surface area (Å²) in [5.74, 6) is 0. The van der Waals surface area contributed by atoms with Crippen molar-refractivity contribution in [2.45, 2.75) is 64.3 Å². The molecule has 0 aromatic rings. The van der Waals surface area contributed by atoms with Crippen molar-refractivity contribution in [3.8, 4) is 0 Å². The number of carbonyl (C=O) groups excluding carboxylic acids is 1. The van der Waals surface area contributed by atoms with Crippen molar-refractivity contribution >= 4 is 6.09 Å². The van der Waals surface area contributed by atoms with E-state index < -0.39 is 5.60 Å². The van der Waals surface area contributed by atoms with E-state index in [1.807, 2.05) is 20.8 Å². The van der Waals surface area contributed by atoms with E-state index in [9.17, 15) is 4.79 Å². The van der Waals surface area contributed by atoms with Crippen LogP contribution in [-0.4, -0.2) is 73.7 Å². The lowest BCUT2D eigenvalue weighted by molar-refractivity contribution is -0.0749. The van der Waals surface area contributed by atoms with Crippen LogP contribution in [0.4, 0.5) is 4.79 Å². The minimum absolute atomic E-state index is 0.205. The standard InChI is InChI=1S/C17H32N2O4/c1-17(2,3)23-16(20)19-11-7-15(8-12-19)22-14-5-9-18(10-6-14)13-21-4/h14-15H,5-13H2,1-4H3. The van der Waals surface area contributed by atoms with Crippen molar-refractivity contribution in [2.75, 3.05) is 40.0 Å². The van der Waals surface area contributed by atoms with E-state index >= 15 is 0 Å². The van der Waals surface area contributed by atoms with Crippen LogP contribution in [0, 0.1) is 0 Å². The molecule has 2 heterocycles. The number of carbonyl (C=O) groups is 1. The normalized spacial score (nSPS) is 22.3. The highest BCUT2D eigenvalue weighted by atomic mass is 16.6. The van der Waals surface area contributed by atoms with Gasteiger partial charge in [0, 0.05) is 33.3 Å². The van der Waals surface area contributed by atoms with Crippen molar-refractivity contribution in [3.63, 3.8) is 0 Å². The van der Waals surface area contributed by atoms with Crippen molar-refractivity contribution in [1.82, 2.24) is 9.80 Å². The van der Waals surface area contributed by atoms with Crippen LogP contribution in [0.15, 0.2) is 0 Å². The van der Waals surface area contributed by atoms with Gasteiger partial charge in [-0.25, -0.2) is 4.79 Å². The fourth-order valence-corrected chi connectivity index (χ4v) is 3.13. The first kappa shape index (κ1) is 18.5. The minimum atomic E-state index is -0.430. The summed E-state index contributed by atoms with van der Waals surface area (Å²) in [4.78, 5) is 16.2. The van der Waals surface area contributed by atoms with Gasteiger partial charge in [0.15, 0.2) is 0 Å². The molecule has 0 unspecified atom stereocenters. The molecule has 6 heteroatoms. The molecule has 6 nitrogen and oxygen atoms in total. The van der Waals surface area contributed by atoms with Crippen LogP contribution in [0.5, 0.6) is 0 Å². The molecule has 0 bridgehead atoms. The van der Waals surface area contributed by atoms with Gasteiger partial charge < -0.3 is 19.1 Å². The van der Waals surface area contributed by atoms with Crippen molar-refractivity contribution in [3.05, 3.63) is 0 Å². The fraction of sp³-hybridized carbons (Fsp3) is 0.941. The smallest absolute Gasteiger partial charge is 0.410 e. The number of piperidine rings is 2. The van der Waals surface area contributed by atoms with Gasteiger partial charge in [0.05, 0.1) is 18.9 Å². The molecule has 1 amide bonds. The Hall–Kier alpha value is -0.850. The lowest BCUT2D eigenvalue weighted by Crippen LogP contribution is -2.45. The topological polar surface area (TPSA) is 51.2 Å². The molecule has 2 fully saturated rings. The number of ether oxygens (including phenoxy) is 3. The molecule has 0 N–H and O–H groups in total. The lowest BCUT2D eigenvalue weighted by atomic mass is 10.1. The zero-order valence-electron chi connectivity index (χ0n) is 15.0. The predicted molar refractivity (Wildman–Crippen MR) is 88.4 cm³/mol. The molecule has 0 aliphatic carbocycles.